The molecule has 0 aromatic heterocycles. The van der Waals surface area contributed by atoms with E-state index in [9.17, 15) is 4.79 Å². The van der Waals surface area contributed by atoms with Gasteiger partial charge in [-0.3, -0.25) is 4.79 Å². The van der Waals surface area contributed by atoms with Gasteiger partial charge in [0.2, 0.25) is 0 Å². The summed E-state index contributed by atoms with van der Waals surface area (Å²) >= 11 is 0. The van der Waals surface area contributed by atoms with E-state index in [1.54, 1.807) is 14.0 Å². The summed E-state index contributed by atoms with van der Waals surface area (Å²) in [7, 11) is 5.64. The van der Waals surface area contributed by atoms with Crippen molar-refractivity contribution in [3.8, 4) is 5.75 Å². The number of rotatable bonds is 9. The summed E-state index contributed by atoms with van der Waals surface area (Å²) in [6.07, 6.45) is 1.59. The van der Waals surface area contributed by atoms with Crippen LogP contribution >= 0.6 is 0 Å². The predicted molar refractivity (Wildman–Crippen MR) is 89.4 cm³/mol. The highest BCUT2D eigenvalue weighted by Crippen LogP contribution is 2.20. The summed E-state index contributed by atoms with van der Waals surface area (Å²) < 4.78 is 11.0. The Bertz CT molecular complexity index is 453. The highest BCUT2D eigenvalue weighted by Gasteiger charge is 2.30. The van der Waals surface area contributed by atoms with Crippen LogP contribution in [-0.2, 0) is 9.53 Å². The molecule has 1 aromatic rings. The smallest absolute Gasteiger partial charge is 0.256 e. The first-order chi connectivity index (χ1) is 10.4. The van der Waals surface area contributed by atoms with Crippen molar-refractivity contribution < 1.29 is 14.3 Å². The first-order valence-corrected chi connectivity index (χ1v) is 7.65. The Morgan fingerprint density at radius 2 is 1.91 bits per heavy atom. The molecule has 0 radical (unpaired) electrons. The summed E-state index contributed by atoms with van der Waals surface area (Å²) in [5, 5.41) is 2.87. The summed E-state index contributed by atoms with van der Waals surface area (Å²) in [4.78, 5) is 14.3. The number of amides is 1. The van der Waals surface area contributed by atoms with Crippen LogP contribution in [0, 0.1) is 0 Å². The van der Waals surface area contributed by atoms with Crippen LogP contribution in [0.25, 0.3) is 0 Å². The highest BCUT2D eigenvalue weighted by atomic mass is 16.5. The number of hydrogen-bond donors (Lipinski definition) is 1. The van der Waals surface area contributed by atoms with Crippen LogP contribution in [0.4, 0.5) is 5.69 Å². The van der Waals surface area contributed by atoms with Gasteiger partial charge in [0.15, 0.2) is 0 Å². The van der Waals surface area contributed by atoms with Crippen LogP contribution < -0.4 is 10.1 Å². The zero-order chi connectivity index (χ0) is 16.6. The van der Waals surface area contributed by atoms with E-state index in [2.05, 4.69) is 10.2 Å². The van der Waals surface area contributed by atoms with E-state index in [0.717, 1.165) is 24.4 Å². The van der Waals surface area contributed by atoms with Crippen LogP contribution in [0.1, 0.15) is 26.7 Å². The zero-order valence-electron chi connectivity index (χ0n) is 14.3. The standard InChI is InChI=1S/C17H28N2O3/c1-6-17(2,21-5)16(20)18-14-8-10-15(11-9-14)22-13-7-12-19(3)4/h8-11H,6-7,12-13H2,1-5H3,(H,18,20)/t17-/m1/s1. The Hall–Kier alpha value is -1.59. The number of nitrogens with zero attached hydrogens (tertiary/aromatic N) is 1. The van der Waals surface area contributed by atoms with E-state index in [-0.39, 0.29) is 5.91 Å². The second-order valence-corrected chi connectivity index (χ2v) is 5.77. The molecule has 1 rings (SSSR count). The van der Waals surface area contributed by atoms with E-state index >= 15 is 0 Å². The van der Waals surface area contributed by atoms with Crippen molar-refractivity contribution in [2.24, 2.45) is 0 Å². The highest BCUT2D eigenvalue weighted by molar-refractivity contribution is 5.97. The van der Waals surface area contributed by atoms with Crippen LogP contribution in [0.15, 0.2) is 24.3 Å². The van der Waals surface area contributed by atoms with Gasteiger partial charge in [-0.15, -0.1) is 0 Å². The third kappa shape index (κ3) is 5.66. The molecule has 0 bridgehead atoms. The molecule has 1 N–H and O–H groups in total. The van der Waals surface area contributed by atoms with E-state index in [0.29, 0.717) is 13.0 Å². The maximum Gasteiger partial charge on any atom is 0.256 e. The van der Waals surface area contributed by atoms with Gasteiger partial charge in [-0.05, 0) is 58.1 Å². The number of anilines is 1. The van der Waals surface area contributed by atoms with E-state index in [1.165, 1.54) is 0 Å². The molecule has 1 aromatic carbocycles. The lowest BCUT2D eigenvalue weighted by atomic mass is 10.0. The Morgan fingerprint density at radius 3 is 2.41 bits per heavy atom. The number of benzene rings is 1. The van der Waals surface area contributed by atoms with Gasteiger partial charge < -0.3 is 19.7 Å². The molecular weight excluding hydrogens is 280 g/mol. The van der Waals surface area contributed by atoms with Crippen molar-refractivity contribution in [1.82, 2.24) is 4.90 Å². The maximum absolute atomic E-state index is 12.2. The molecule has 0 saturated heterocycles. The molecule has 0 saturated carbocycles. The molecule has 5 heteroatoms. The number of methoxy groups -OCH3 is 1. The third-order valence-electron chi connectivity index (χ3n) is 3.74. The molecule has 1 atom stereocenters. The summed E-state index contributed by atoms with van der Waals surface area (Å²) in [6, 6.07) is 7.40. The molecule has 22 heavy (non-hydrogen) atoms. The molecule has 0 aliphatic heterocycles. The number of nitrogens with one attached hydrogen (secondary N) is 1. The molecule has 124 valence electrons. The van der Waals surface area contributed by atoms with E-state index in [1.807, 2.05) is 45.3 Å². The van der Waals surface area contributed by atoms with Gasteiger partial charge in [0, 0.05) is 19.3 Å². The van der Waals surface area contributed by atoms with Crippen molar-refractivity contribution in [3.63, 3.8) is 0 Å². The Labute approximate surface area is 133 Å². The normalized spacial score (nSPS) is 13.7. The minimum atomic E-state index is -0.804. The second-order valence-electron chi connectivity index (χ2n) is 5.77. The van der Waals surface area contributed by atoms with Crippen molar-refractivity contribution >= 4 is 11.6 Å². The van der Waals surface area contributed by atoms with Crippen molar-refractivity contribution in [2.45, 2.75) is 32.3 Å². The van der Waals surface area contributed by atoms with Gasteiger partial charge in [0.05, 0.1) is 6.61 Å². The van der Waals surface area contributed by atoms with Gasteiger partial charge in [0.25, 0.3) is 5.91 Å². The third-order valence-corrected chi connectivity index (χ3v) is 3.74. The predicted octanol–water partition coefficient (Wildman–Crippen LogP) is 2.77. The minimum Gasteiger partial charge on any atom is -0.494 e. The van der Waals surface area contributed by atoms with Crippen molar-refractivity contribution in [3.05, 3.63) is 24.3 Å². The van der Waals surface area contributed by atoms with Crippen LogP contribution in [0.5, 0.6) is 5.75 Å². The quantitative estimate of drug-likeness (QED) is 0.713. The Kier molecular flexibility index (Phi) is 7.35. The average Bonchev–Trinajstić information content (AvgIpc) is 2.52. The molecule has 0 spiro atoms. The monoisotopic (exact) mass is 308 g/mol. The Balaban J connectivity index is 2.49. The fraction of sp³-hybridized carbons (Fsp3) is 0.588. The number of carbonyl (C=O) groups excluding carboxylic acids is 1. The lowest BCUT2D eigenvalue weighted by Gasteiger charge is -2.25. The van der Waals surface area contributed by atoms with Crippen LogP contribution in [0.3, 0.4) is 0 Å². The fourth-order valence-corrected chi connectivity index (χ4v) is 1.87. The second kappa shape index (κ2) is 8.76. The van der Waals surface area contributed by atoms with Crippen LogP contribution in [0.2, 0.25) is 0 Å². The molecule has 0 unspecified atom stereocenters. The van der Waals surface area contributed by atoms with Gasteiger partial charge in [0.1, 0.15) is 11.4 Å². The molecule has 0 heterocycles. The molecule has 1 amide bonds. The van der Waals surface area contributed by atoms with Gasteiger partial charge in [-0.1, -0.05) is 6.92 Å². The number of ether oxygens (including phenoxy) is 2. The van der Waals surface area contributed by atoms with Gasteiger partial charge >= 0.3 is 0 Å². The Morgan fingerprint density at radius 1 is 1.27 bits per heavy atom. The summed E-state index contributed by atoms with van der Waals surface area (Å²) in [6.45, 7) is 5.39. The SMILES string of the molecule is CC[C@@](C)(OC)C(=O)Nc1ccc(OCCCN(C)C)cc1. The first-order valence-electron chi connectivity index (χ1n) is 7.65. The summed E-state index contributed by atoms with van der Waals surface area (Å²) in [5.74, 6) is 0.666. The van der Waals surface area contributed by atoms with E-state index in [4.69, 9.17) is 9.47 Å². The zero-order valence-corrected chi connectivity index (χ0v) is 14.3. The molecule has 0 aliphatic rings. The molecular formula is C17H28N2O3. The van der Waals surface area contributed by atoms with Crippen LogP contribution in [-0.4, -0.2) is 50.8 Å². The van der Waals surface area contributed by atoms with Crippen molar-refractivity contribution in [2.75, 3.05) is 39.7 Å². The minimum absolute atomic E-state index is 0.142. The lowest BCUT2D eigenvalue weighted by molar-refractivity contribution is -0.136. The number of carbonyl (C=O) groups is 1. The van der Waals surface area contributed by atoms with E-state index < -0.39 is 5.60 Å². The maximum atomic E-state index is 12.2. The lowest BCUT2D eigenvalue weighted by Crippen LogP contribution is -2.41. The van der Waals surface area contributed by atoms with Crippen molar-refractivity contribution in [1.29, 1.82) is 0 Å². The van der Waals surface area contributed by atoms with Gasteiger partial charge in [-0.25, -0.2) is 0 Å². The number of hydrogen-bond acceptors (Lipinski definition) is 4. The molecule has 0 fully saturated rings. The molecule has 5 nitrogen and oxygen atoms in total. The topological polar surface area (TPSA) is 50.8 Å². The fourth-order valence-electron chi connectivity index (χ4n) is 1.87. The van der Waals surface area contributed by atoms with Gasteiger partial charge in [-0.2, -0.15) is 0 Å². The average molecular weight is 308 g/mol. The largest absolute Gasteiger partial charge is 0.494 e. The summed E-state index contributed by atoms with van der Waals surface area (Å²) in [5.41, 5.74) is -0.0659. The molecule has 0 aliphatic carbocycles. The first kappa shape index (κ1) is 18.5.